The summed E-state index contributed by atoms with van der Waals surface area (Å²) in [5.41, 5.74) is 2.73. The minimum absolute atomic E-state index is 0.0302. The number of aromatic nitrogens is 2. The molecule has 182 valence electrons. The van der Waals surface area contributed by atoms with Gasteiger partial charge in [0, 0.05) is 43.9 Å². The minimum atomic E-state index is -0.362. The lowest BCUT2D eigenvalue weighted by molar-refractivity contribution is -0.0191. The Hall–Kier alpha value is -3.72. The van der Waals surface area contributed by atoms with Crippen LogP contribution in [0.25, 0.3) is 11.0 Å². The first-order chi connectivity index (χ1) is 17.0. The molecule has 0 aliphatic carbocycles. The SMILES string of the molecule is COC1CN(C(=O)c2cccc3nc4n(c23)[C@H](C)CCCCNC(=O)c2cccc(c2)C(=O)N4)C1. The molecule has 0 radical (unpaired) electrons. The van der Waals surface area contributed by atoms with Crippen LogP contribution in [0.4, 0.5) is 5.95 Å². The lowest BCUT2D eigenvalue weighted by Gasteiger charge is -2.38. The molecule has 3 amide bonds. The second-order valence-electron chi connectivity index (χ2n) is 9.18. The summed E-state index contributed by atoms with van der Waals surface area (Å²) in [6.45, 7) is 3.73. The molecular formula is C26H29N5O4. The topological polar surface area (TPSA) is 106 Å². The maximum Gasteiger partial charge on any atom is 0.257 e. The summed E-state index contributed by atoms with van der Waals surface area (Å²) in [5, 5.41) is 5.86. The number of anilines is 1. The number of hydrogen-bond acceptors (Lipinski definition) is 5. The molecule has 9 heteroatoms. The van der Waals surface area contributed by atoms with Crippen LogP contribution in [-0.4, -0.2) is 65.0 Å². The second-order valence-corrected chi connectivity index (χ2v) is 9.18. The van der Waals surface area contributed by atoms with E-state index in [0.717, 1.165) is 24.8 Å². The standard InChI is InChI=1S/C26H29N5O4/c1-16-7-3-4-12-27-23(32)17-8-5-9-18(13-17)24(33)29-26-28-21-11-6-10-20(22(21)31(16)26)25(34)30-14-19(15-30)35-2/h5-6,8-11,13,16,19H,3-4,7,12,14-15H2,1-2H3,(H,27,32)(H,28,29,33)/t16-/m1/s1. The number of hydrogen-bond donors (Lipinski definition) is 2. The molecule has 2 bridgehead atoms. The zero-order chi connectivity index (χ0) is 24.5. The van der Waals surface area contributed by atoms with E-state index < -0.39 is 0 Å². The highest BCUT2D eigenvalue weighted by molar-refractivity contribution is 6.08. The second kappa shape index (κ2) is 9.50. The highest BCUT2D eigenvalue weighted by Crippen LogP contribution is 2.31. The average Bonchev–Trinajstić information content (AvgIpc) is 3.20. The first-order valence-electron chi connectivity index (χ1n) is 12.0. The Labute approximate surface area is 203 Å². The maximum absolute atomic E-state index is 13.4. The number of likely N-dealkylation sites (tertiary alicyclic amines) is 1. The lowest BCUT2D eigenvalue weighted by atomic mass is 10.1. The van der Waals surface area contributed by atoms with E-state index in [2.05, 4.69) is 17.6 Å². The number of methoxy groups -OCH3 is 1. The number of para-hydroxylation sites is 1. The summed E-state index contributed by atoms with van der Waals surface area (Å²) in [7, 11) is 1.65. The average molecular weight is 476 g/mol. The summed E-state index contributed by atoms with van der Waals surface area (Å²) >= 11 is 0. The quantitative estimate of drug-likeness (QED) is 0.592. The van der Waals surface area contributed by atoms with Gasteiger partial charge in [-0.15, -0.1) is 0 Å². The molecule has 2 aromatic carbocycles. The van der Waals surface area contributed by atoms with Gasteiger partial charge in [0.25, 0.3) is 17.7 Å². The molecule has 1 saturated heterocycles. The van der Waals surface area contributed by atoms with Crippen molar-refractivity contribution in [3.63, 3.8) is 0 Å². The number of fused-ring (bicyclic) bond motifs is 5. The van der Waals surface area contributed by atoms with Gasteiger partial charge in [-0.25, -0.2) is 4.98 Å². The van der Waals surface area contributed by atoms with Crippen molar-refractivity contribution in [2.75, 3.05) is 32.1 Å². The van der Waals surface area contributed by atoms with E-state index in [1.165, 1.54) is 0 Å². The Bertz CT molecular complexity index is 1290. The Balaban J connectivity index is 1.57. The smallest absolute Gasteiger partial charge is 0.257 e. The lowest BCUT2D eigenvalue weighted by Crippen LogP contribution is -2.54. The van der Waals surface area contributed by atoms with Crippen LogP contribution in [0.5, 0.6) is 0 Å². The normalized spacial score (nSPS) is 19.4. The number of ether oxygens (including phenoxy) is 1. The molecule has 3 aromatic rings. The predicted octanol–water partition coefficient (Wildman–Crippen LogP) is 3.23. The fourth-order valence-electron chi connectivity index (χ4n) is 4.74. The maximum atomic E-state index is 13.4. The monoisotopic (exact) mass is 475 g/mol. The van der Waals surface area contributed by atoms with Crippen LogP contribution in [-0.2, 0) is 4.74 Å². The van der Waals surface area contributed by atoms with Crippen molar-refractivity contribution in [2.24, 2.45) is 0 Å². The number of nitrogens with one attached hydrogen (secondary N) is 2. The minimum Gasteiger partial charge on any atom is -0.378 e. The van der Waals surface area contributed by atoms with Gasteiger partial charge >= 0.3 is 0 Å². The third-order valence-electron chi connectivity index (χ3n) is 6.80. The van der Waals surface area contributed by atoms with Crippen LogP contribution in [0.1, 0.15) is 63.3 Å². The first-order valence-corrected chi connectivity index (χ1v) is 12.0. The summed E-state index contributed by atoms with van der Waals surface area (Å²) in [6.07, 6.45) is 2.55. The Kier molecular flexibility index (Phi) is 6.25. The van der Waals surface area contributed by atoms with E-state index in [1.54, 1.807) is 36.3 Å². The molecule has 0 unspecified atom stereocenters. The number of rotatable bonds is 2. The van der Waals surface area contributed by atoms with E-state index in [9.17, 15) is 14.4 Å². The molecule has 2 aliphatic rings. The third-order valence-corrected chi connectivity index (χ3v) is 6.80. The van der Waals surface area contributed by atoms with Gasteiger partial charge in [-0.3, -0.25) is 19.7 Å². The molecule has 2 N–H and O–H groups in total. The third kappa shape index (κ3) is 4.39. The van der Waals surface area contributed by atoms with Crippen LogP contribution in [0.15, 0.2) is 42.5 Å². The van der Waals surface area contributed by atoms with Crippen LogP contribution < -0.4 is 10.6 Å². The van der Waals surface area contributed by atoms with Gasteiger partial charge in [-0.1, -0.05) is 12.1 Å². The van der Waals surface area contributed by atoms with Crippen molar-refractivity contribution in [3.8, 4) is 0 Å². The van der Waals surface area contributed by atoms with Crippen molar-refractivity contribution in [1.82, 2.24) is 19.8 Å². The molecule has 0 saturated carbocycles. The number of nitrogens with zero attached hydrogens (tertiary/aromatic N) is 3. The Morgan fingerprint density at radius 2 is 1.80 bits per heavy atom. The summed E-state index contributed by atoms with van der Waals surface area (Å²) < 4.78 is 7.31. The van der Waals surface area contributed by atoms with Crippen molar-refractivity contribution in [2.45, 2.75) is 38.3 Å². The Morgan fingerprint density at radius 3 is 2.57 bits per heavy atom. The first kappa shape index (κ1) is 23.0. The molecule has 2 aliphatic heterocycles. The van der Waals surface area contributed by atoms with Crippen LogP contribution in [0.2, 0.25) is 0 Å². The molecule has 3 heterocycles. The number of imidazole rings is 1. The fourth-order valence-corrected chi connectivity index (χ4v) is 4.74. The number of amides is 3. The van der Waals surface area contributed by atoms with E-state index >= 15 is 0 Å². The molecule has 5 rings (SSSR count). The van der Waals surface area contributed by atoms with E-state index in [0.29, 0.717) is 47.8 Å². The molecule has 1 atom stereocenters. The summed E-state index contributed by atoms with van der Waals surface area (Å²) in [4.78, 5) is 45.5. The molecule has 1 fully saturated rings. The van der Waals surface area contributed by atoms with Gasteiger partial charge in [0.2, 0.25) is 5.95 Å². The number of carbonyl (C=O) groups excluding carboxylic acids is 3. The van der Waals surface area contributed by atoms with Crippen molar-refractivity contribution >= 4 is 34.7 Å². The van der Waals surface area contributed by atoms with Crippen LogP contribution in [0, 0.1) is 0 Å². The van der Waals surface area contributed by atoms with Crippen LogP contribution in [0.3, 0.4) is 0 Å². The van der Waals surface area contributed by atoms with Crippen LogP contribution >= 0.6 is 0 Å². The summed E-state index contributed by atoms with van der Waals surface area (Å²) in [5.74, 6) is -0.233. The highest BCUT2D eigenvalue weighted by atomic mass is 16.5. The number of benzene rings is 2. The fraction of sp³-hybridized carbons (Fsp3) is 0.385. The van der Waals surface area contributed by atoms with E-state index in [-0.39, 0.29) is 29.9 Å². The van der Waals surface area contributed by atoms with Crippen molar-refractivity contribution in [3.05, 3.63) is 59.2 Å². The van der Waals surface area contributed by atoms with Crippen molar-refractivity contribution < 1.29 is 19.1 Å². The number of carbonyl (C=O) groups is 3. The van der Waals surface area contributed by atoms with Gasteiger partial charge in [0.05, 0.1) is 22.7 Å². The zero-order valence-corrected chi connectivity index (χ0v) is 19.9. The molecular weight excluding hydrogens is 446 g/mol. The zero-order valence-electron chi connectivity index (χ0n) is 19.9. The highest BCUT2D eigenvalue weighted by Gasteiger charge is 2.33. The Morgan fingerprint density at radius 1 is 1.06 bits per heavy atom. The predicted molar refractivity (Wildman–Crippen MR) is 132 cm³/mol. The van der Waals surface area contributed by atoms with Gasteiger partial charge in [-0.05, 0) is 56.5 Å². The van der Waals surface area contributed by atoms with E-state index in [1.807, 2.05) is 22.8 Å². The molecule has 9 nitrogen and oxygen atoms in total. The summed E-state index contributed by atoms with van der Waals surface area (Å²) in [6, 6.07) is 12.1. The largest absolute Gasteiger partial charge is 0.378 e. The van der Waals surface area contributed by atoms with Gasteiger partial charge in [0.1, 0.15) is 0 Å². The van der Waals surface area contributed by atoms with Gasteiger partial charge in [0.15, 0.2) is 0 Å². The van der Waals surface area contributed by atoms with E-state index in [4.69, 9.17) is 9.72 Å². The van der Waals surface area contributed by atoms with Gasteiger partial charge in [-0.2, -0.15) is 0 Å². The molecule has 35 heavy (non-hydrogen) atoms. The molecule has 1 aromatic heterocycles. The van der Waals surface area contributed by atoms with Gasteiger partial charge < -0.3 is 19.5 Å². The molecule has 0 spiro atoms. The van der Waals surface area contributed by atoms with Crippen molar-refractivity contribution in [1.29, 1.82) is 0 Å².